The van der Waals surface area contributed by atoms with Crippen LogP contribution in [0.4, 0.5) is 0 Å². The standard InChI is InChI=1S/C10H17NS2/c11-9-5-7-4-8(9)10(6-7)12-2-1-3-13-10/h7-9H,1-6,11H2/t7-,8+,9-/m1/s1. The summed E-state index contributed by atoms with van der Waals surface area (Å²) >= 11 is 4.45. The van der Waals surface area contributed by atoms with Crippen molar-refractivity contribution in [2.45, 2.75) is 35.8 Å². The van der Waals surface area contributed by atoms with Gasteiger partial charge in [0.25, 0.3) is 0 Å². The van der Waals surface area contributed by atoms with Crippen LogP contribution in [0.25, 0.3) is 0 Å². The Hall–Kier alpha value is 0.660. The van der Waals surface area contributed by atoms with Crippen molar-refractivity contribution in [1.82, 2.24) is 0 Å². The van der Waals surface area contributed by atoms with E-state index < -0.39 is 0 Å². The zero-order valence-electron chi connectivity index (χ0n) is 7.87. The molecule has 1 saturated heterocycles. The third-order valence-corrected chi connectivity index (χ3v) is 7.44. The molecule has 0 aromatic heterocycles. The average Bonchev–Trinajstić information content (AvgIpc) is 2.62. The van der Waals surface area contributed by atoms with Gasteiger partial charge in [-0.2, -0.15) is 0 Å². The van der Waals surface area contributed by atoms with Crippen molar-refractivity contribution < 1.29 is 0 Å². The Kier molecular flexibility index (Phi) is 2.11. The zero-order valence-corrected chi connectivity index (χ0v) is 9.50. The Morgan fingerprint density at radius 3 is 2.54 bits per heavy atom. The topological polar surface area (TPSA) is 26.0 Å². The first-order valence-corrected chi connectivity index (χ1v) is 7.31. The van der Waals surface area contributed by atoms with Crippen molar-refractivity contribution >= 4 is 23.5 Å². The number of fused-ring (bicyclic) bond motifs is 3. The van der Waals surface area contributed by atoms with Crippen LogP contribution >= 0.6 is 23.5 Å². The van der Waals surface area contributed by atoms with Crippen LogP contribution in [0.15, 0.2) is 0 Å². The van der Waals surface area contributed by atoms with E-state index in [1.54, 1.807) is 0 Å². The van der Waals surface area contributed by atoms with Crippen molar-refractivity contribution in [2.75, 3.05) is 11.5 Å². The van der Waals surface area contributed by atoms with E-state index in [-0.39, 0.29) is 0 Å². The second kappa shape index (κ2) is 3.07. The second-order valence-electron chi connectivity index (χ2n) is 4.67. The molecule has 1 aliphatic heterocycles. The third-order valence-electron chi connectivity index (χ3n) is 3.83. The predicted molar refractivity (Wildman–Crippen MR) is 61.1 cm³/mol. The summed E-state index contributed by atoms with van der Waals surface area (Å²) in [6, 6.07) is 0.525. The van der Waals surface area contributed by atoms with E-state index >= 15 is 0 Å². The first kappa shape index (κ1) is 8.93. The van der Waals surface area contributed by atoms with E-state index in [9.17, 15) is 0 Å². The van der Waals surface area contributed by atoms with Crippen LogP contribution in [0.2, 0.25) is 0 Å². The molecular weight excluding hydrogens is 198 g/mol. The van der Waals surface area contributed by atoms with E-state index in [1.807, 2.05) is 0 Å². The lowest BCUT2D eigenvalue weighted by atomic mass is 9.95. The maximum absolute atomic E-state index is 6.20. The first-order chi connectivity index (χ1) is 6.30. The summed E-state index contributed by atoms with van der Waals surface area (Å²) in [4.78, 5) is 0. The highest BCUT2D eigenvalue weighted by atomic mass is 32.2. The number of thioether (sulfide) groups is 2. The molecule has 13 heavy (non-hydrogen) atoms. The molecule has 0 radical (unpaired) electrons. The van der Waals surface area contributed by atoms with Gasteiger partial charge in [0.1, 0.15) is 0 Å². The van der Waals surface area contributed by atoms with Crippen molar-refractivity contribution in [3.8, 4) is 0 Å². The quantitative estimate of drug-likeness (QED) is 0.671. The fourth-order valence-electron chi connectivity index (χ4n) is 3.33. The van der Waals surface area contributed by atoms with Gasteiger partial charge in [0.15, 0.2) is 0 Å². The number of hydrogen-bond donors (Lipinski definition) is 1. The molecule has 3 heteroatoms. The van der Waals surface area contributed by atoms with Crippen molar-refractivity contribution in [3.05, 3.63) is 0 Å². The molecule has 0 aromatic rings. The maximum Gasteiger partial charge on any atom is 0.0656 e. The Balaban J connectivity index is 1.83. The summed E-state index contributed by atoms with van der Waals surface area (Å²) in [7, 11) is 0. The smallest absolute Gasteiger partial charge is 0.0656 e. The van der Waals surface area contributed by atoms with Crippen molar-refractivity contribution in [3.63, 3.8) is 0 Å². The van der Waals surface area contributed by atoms with Gasteiger partial charge in [-0.05, 0) is 49.0 Å². The summed E-state index contributed by atoms with van der Waals surface area (Å²) in [6.07, 6.45) is 5.61. The molecule has 3 aliphatic rings. The van der Waals surface area contributed by atoms with Gasteiger partial charge in [0.05, 0.1) is 4.08 Å². The fourth-order valence-corrected chi connectivity index (χ4v) is 7.29. The average molecular weight is 215 g/mol. The highest BCUT2D eigenvalue weighted by Gasteiger charge is 2.55. The summed E-state index contributed by atoms with van der Waals surface area (Å²) in [5.74, 6) is 4.57. The van der Waals surface area contributed by atoms with Crippen molar-refractivity contribution in [1.29, 1.82) is 0 Å². The summed E-state index contributed by atoms with van der Waals surface area (Å²) in [5, 5.41) is 0. The van der Waals surface area contributed by atoms with Gasteiger partial charge >= 0.3 is 0 Å². The molecule has 1 heterocycles. The Morgan fingerprint density at radius 2 is 1.92 bits per heavy atom. The molecule has 1 nitrogen and oxygen atoms in total. The van der Waals surface area contributed by atoms with E-state index in [1.165, 1.54) is 37.2 Å². The third kappa shape index (κ3) is 1.27. The minimum absolute atomic E-state index is 0.525. The van der Waals surface area contributed by atoms with E-state index in [4.69, 9.17) is 5.73 Å². The predicted octanol–water partition coefficient (Wildman–Crippen LogP) is 2.31. The van der Waals surface area contributed by atoms with E-state index in [2.05, 4.69) is 23.5 Å². The molecule has 1 spiro atoms. The number of nitrogens with two attached hydrogens (primary N) is 1. The molecule has 2 N–H and O–H groups in total. The molecule has 3 atom stereocenters. The second-order valence-corrected chi connectivity index (χ2v) is 7.78. The minimum atomic E-state index is 0.525. The first-order valence-electron chi connectivity index (χ1n) is 5.34. The lowest BCUT2D eigenvalue weighted by Gasteiger charge is -2.42. The lowest BCUT2D eigenvalue weighted by molar-refractivity contribution is 0.406. The number of rotatable bonds is 0. The van der Waals surface area contributed by atoms with Crippen LogP contribution in [0.5, 0.6) is 0 Å². The molecule has 3 fully saturated rings. The highest BCUT2D eigenvalue weighted by molar-refractivity contribution is 8.18. The Bertz CT molecular complexity index is 213. The maximum atomic E-state index is 6.20. The summed E-state index contributed by atoms with van der Waals surface area (Å²) in [5.41, 5.74) is 6.20. The van der Waals surface area contributed by atoms with Crippen LogP contribution in [-0.4, -0.2) is 21.6 Å². The minimum Gasteiger partial charge on any atom is -0.327 e. The molecule has 0 unspecified atom stereocenters. The van der Waals surface area contributed by atoms with Crippen LogP contribution in [0.1, 0.15) is 25.7 Å². The molecule has 0 aromatic carbocycles. The molecular formula is C10H17NS2. The highest BCUT2D eigenvalue weighted by Crippen LogP contribution is 2.63. The molecule has 2 aliphatic carbocycles. The number of hydrogen-bond acceptors (Lipinski definition) is 3. The van der Waals surface area contributed by atoms with Crippen LogP contribution < -0.4 is 5.73 Å². The van der Waals surface area contributed by atoms with Crippen LogP contribution in [0, 0.1) is 11.8 Å². The summed E-state index contributed by atoms with van der Waals surface area (Å²) < 4.78 is 0.570. The zero-order chi connectivity index (χ0) is 8.89. The van der Waals surface area contributed by atoms with Crippen LogP contribution in [0.3, 0.4) is 0 Å². The van der Waals surface area contributed by atoms with Gasteiger partial charge < -0.3 is 5.73 Å². The van der Waals surface area contributed by atoms with Gasteiger partial charge in [-0.1, -0.05) is 0 Å². The normalized spacial score (nSPS) is 47.3. The Labute approximate surface area is 88.6 Å². The van der Waals surface area contributed by atoms with Gasteiger partial charge in [0.2, 0.25) is 0 Å². The van der Waals surface area contributed by atoms with E-state index in [0.717, 1.165) is 11.8 Å². The van der Waals surface area contributed by atoms with Gasteiger partial charge in [0, 0.05) is 6.04 Å². The van der Waals surface area contributed by atoms with Gasteiger partial charge in [-0.15, -0.1) is 23.5 Å². The van der Waals surface area contributed by atoms with Gasteiger partial charge in [-0.25, -0.2) is 0 Å². The molecule has 0 amide bonds. The molecule has 2 saturated carbocycles. The van der Waals surface area contributed by atoms with Crippen LogP contribution in [-0.2, 0) is 0 Å². The SMILES string of the molecule is N[C@@H]1C[C@H]2C[C@@H]1C1(C2)SCCCS1. The fraction of sp³-hybridized carbons (Fsp3) is 1.00. The lowest BCUT2D eigenvalue weighted by Crippen LogP contribution is -2.42. The van der Waals surface area contributed by atoms with E-state index in [0.29, 0.717) is 10.1 Å². The Morgan fingerprint density at radius 1 is 1.15 bits per heavy atom. The molecule has 3 rings (SSSR count). The monoisotopic (exact) mass is 215 g/mol. The summed E-state index contributed by atoms with van der Waals surface area (Å²) in [6.45, 7) is 0. The molecule has 74 valence electrons. The van der Waals surface area contributed by atoms with Gasteiger partial charge in [-0.3, -0.25) is 0 Å². The largest absolute Gasteiger partial charge is 0.327 e. The molecule has 2 bridgehead atoms. The van der Waals surface area contributed by atoms with Crippen molar-refractivity contribution in [2.24, 2.45) is 17.6 Å².